The smallest absolute Gasteiger partial charge is 0.140 e. The molecule has 0 radical (unpaired) electrons. The summed E-state index contributed by atoms with van der Waals surface area (Å²) >= 11 is 3.45. The Morgan fingerprint density at radius 1 is 1.62 bits per heavy atom. The molecule has 0 aliphatic heterocycles. The van der Waals surface area contributed by atoms with E-state index in [4.69, 9.17) is 4.74 Å². The zero-order valence-electron chi connectivity index (χ0n) is 7.96. The lowest BCUT2D eigenvalue weighted by Crippen LogP contribution is -2.04. The molecule has 1 aromatic heterocycles. The van der Waals surface area contributed by atoms with Gasteiger partial charge in [-0.3, -0.25) is 4.98 Å². The van der Waals surface area contributed by atoms with E-state index in [1.54, 1.807) is 13.3 Å². The lowest BCUT2D eigenvalue weighted by molar-refractivity contribution is 0.403. The molecule has 1 aromatic rings. The average molecular weight is 244 g/mol. The molecule has 0 N–H and O–H groups in total. The van der Waals surface area contributed by atoms with E-state index >= 15 is 0 Å². The number of hydrogen-bond donors (Lipinski definition) is 0. The van der Waals surface area contributed by atoms with Crippen molar-refractivity contribution in [3.05, 3.63) is 24.0 Å². The largest absolute Gasteiger partial charge is 0.495 e. The van der Waals surface area contributed by atoms with Crippen molar-refractivity contribution < 1.29 is 4.74 Å². The maximum Gasteiger partial charge on any atom is 0.140 e. The summed E-state index contributed by atoms with van der Waals surface area (Å²) in [6.45, 7) is 2.18. The van der Waals surface area contributed by atoms with Gasteiger partial charge in [-0.15, -0.1) is 0 Å². The summed E-state index contributed by atoms with van der Waals surface area (Å²) in [7, 11) is 1.68. The molecule has 1 rings (SSSR count). The monoisotopic (exact) mass is 243 g/mol. The molecule has 0 bridgehead atoms. The summed E-state index contributed by atoms with van der Waals surface area (Å²) in [5, 5.41) is 0.993. The maximum absolute atomic E-state index is 5.21. The van der Waals surface area contributed by atoms with Crippen LogP contribution in [0.2, 0.25) is 0 Å². The minimum absolute atomic E-state index is 0.587. The van der Waals surface area contributed by atoms with Crippen LogP contribution in [0.25, 0.3) is 0 Å². The van der Waals surface area contributed by atoms with Gasteiger partial charge in [0.05, 0.1) is 12.8 Å². The molecule has 1 unspecified atom stereocenters. The molecule has 2 nitrogen and oxygen atoms in total. The Kier molecular flexibility index (Phi) is 4.22. The highest BCUT2D eigenvalue weighted by Crippen LogP contribution is 2.18. The first-order valence-electron chi connectivity index (χ1n) is 4.31. The molecule has 0 saturated carbocycles. The SMILES string of the molecule is COc1cccnc1CC(C)CBr. The molecule has 1 atom stereocenters. The number of nitrogens with zero attached hydrogens (tertiary/aromatic N) is 1. The molecule has 13 heavy (non-hydrogen) atoms. The number of aromatic nitrogens is 1. The van der Waals surface area contributed by atoms with E-state index in [1.165, 1.54) is 0 Å². The molecule has 0 spiro atoms. The third-order valence-corrected chi connectivity index (χ3v) is 2.98. The average Bonchev–Trinajstić information content (AvgIpc) is 2.18. The van der Waals surface area contributed by atoms with Crippen molar-refractivity contribution in [2.75, 3.05) is 12.4 Å². The predicted molar refractivity (Wildman–Crippen MR) is 57.5 cm³/mol. The third-order valence-electron chi connectivity index (χ3n) is 1.87. The summed E-state index contributed by atoms with van der Waals surface area (Å²) < 4.78 is 5.21. The molecule has 0 saturated heterocycles. The summed E-state index contributed by atoms with van der Waals surface area (Å²) in [5.74, 6) is 1.47. The molecule has 0 aliphatic rings. The van der Waals surface area contributed by atoms with E-state index in [9.17, 15) is 0 Å². The van der Waals surface area contributed by atoms with Gasteiger partial charge in [-0.2, -0.15) is 0 Å². The van der Waals surface area contributed by atoms with Gasteiger partial charge in [-0.05, 0) is 24.5 Å². The van der Waals surface area contributed by atoms with Crippen LogP contribution in [0.5, 0.6) is 5.75 Å². The Bertz CT molecular complexity index is 265. The highest BCUT2D eigenvalue weighted by Gasteiger charge is 2.07. The number of pyridine rings is 1. The van der Waals surface area contributed by atoms with E-state index in [-0.39, 0.29) is 0 Å². The minimum Gasteiger partial charge on any atom is -0.495 e. The fourth-order valence-electron chi connectivity index (χ4n) is 1.15. The van der Waals surface area contributed by atoms with Crippen molar-refractivity contribution >= 4 is 15.9 Å². The van der Waals surface area contributed by atoms with Crippen LogP contribution in [0.3, 0.4) is 0 Å². The lowest BCUT2D eigenvalue weighted by atomic mass is 10.1. The second kappa shape index (κ2) is 5.22. The van der Waals surface area contributed by atoms with Crippen LogP contribution in [-0.4, -0.2) is 17.4 Å². The van der Waals surface area contributed by atoms with Gasteiger partial charge >= 0.3 is 0 Å². The number of rotatable bonds is 4. The highest BCUT2D eigenvalue weighted by atomic mass is 79.9. The first-order chi connectivity index (χ1) is 6.27. The molecular formula is C10H14BrNO. The Labute approximate surface area is 87.5 Å². The first-order valence-corrected chi connectivity index (χ1v) is 5.44. The number of alkyl halides is 1. The summed E-state index contributed by atoms with van der Waals surface area (Å²) in [6.07, 6.45) is 2.76. The topological polar surface area (TPSA) is 22.1 Å². The van der Waals surface area contributed by atoms with E-state index in [2.05, 4.69) is 27.8 Å². The van der Waals surface area contributed by atoms with Crippen LogP contribution in [0.1, 0.15) is 12.6 Å². The van der Waals surface area contributed by atoms with Gasteiger partial charge in [0, 0.05) is 11.5 Å². The lowest BCUT2D eigenvalue weighted by Gasteiger charge is -2.09. The van der Waals surface area contributed by atoms with Crippen LogP contribution >= 0.6 is 15.9 Å². The number of ether oxygens (including phenoxy) is 1. The Morgan fingerprint density at radius 3 is 3.00 bits per heavy atom. The van der Waals surface area contributed by atoms with Crippen molar-refractivity contribution in [2.24, 2.45) is 5.92 Å². The van der Waals surface area contributed by atoms with E-state index in [0.29, 0.717) is 5.92 Å². The van der Waals surface area contributed by atoms with Gasteiger partial charge in [0.1, 0.15) is 5.75 Å². The van der Waals surface area contributed by atoms with E-state index in [1.807, 2.05) is 12.1 Å². The molecule has 1 heterocycles. The Hall–Kier alpha value is -0.570. The van der Waals surface area contributed by atoms with Gasteiger partial charge in [-0.25, -0.2) is 0 Å². The summed E-state index contributed by atoms with van der Waals surface area (Å²) in [5.41, 5.74) is 1.04. The van der Waals surface area contributed by atoms with Crippen LogP contribution < -0.4 is 4.74 Å². The Morgan fingerprint density at radius 2 is 2.38 bits per heavy atom. The molecule has 72 valence electrons. The predicted octanol–water partition coefficient (Wildman–Crippen LogP) is 2.66. The van der Waals surface area contributed by atoms with Crippen LogP contribution in [0, 0.1) is 5.92 Å². The van der Waals surface area contributed by atoms with Crippen LogP contribution in [-0.2, 0) is 6.42 Å². The molecular weight excluding hydrogens is 230 g/mol. The van der Waals surface area contributed by atoms with Crippen molar-refractivity contribution in [1.29, 1.82) is 0 Å². The molecule has 0 aliphatic carbocycles. The minimum atomic E-state index is 0.587. The van der Waals surface area contributed by atoms with Gasteiger partial charge in [0.15, 0.2) is 0 Å². The van der Waals surface area contributed by atoms with Gasteiger partial charge in [-0.1, -0.05) is 22.9 Å². The summed E-state index contributed by atoms with van der Waals surface area (Å²) in [4.78, 5) is 4.29. The van der Waals surface area contributed by atoms with Gasteiger partial charge in [0.25, 0.3) is 0 Å². The zero-order valence-corrected chi connectivity index (χ0v) is 9.54. The van der Waals surface area contributed by atoms with Crippen LogP contribution in [0.15, 0.2) is 18.3 Å². The number of halogens is 1. The summed E-state index contributed by atoms with van der Waals surface area (Å²) in [6, 6.07) is 3.84. The Balaban J connectivity index is 2.74. The third kappa shape index (κ3) is 2.99. The normalized spacial score (nSPS) is 12.5. The van der Waals surface area contributed by atoms with E-state index in [0.717, 1.165) is 23.2 Å². The number of methoxy groups -OCH3 is 1. The van der Waals surface area contributed by atoms with Crippen LogP contribution in [0.4, 0.5) is 0 Å². The second-order valence-electron chi connectivity index (χ2n) is 3.12. The zero-order chi connectivity index (χ0) is 9.68. The van der Waals surface area contributed by atoms with Gasteiger partial charge < -0.3 is 4.74 Å². The van der Waals surface area contributed by atoms with Gasteiger partial charge in [0.2, 0.25) is 0 Å². The molecule has 0 fully saturated rings. The standard InChI is InChI=1S/C10H14BrNO/c1-8(7-11)6-9-10(13-2)4-3-5-12-9/h3-5,8H,6-7H2,1-2H3. The first kappa shape index (κ1) is 10.5. The molecule has 0 aromatic carbocycles. The van der Waals surface area contributed by atoms with Crippen molar-refractivity contribution in [2.45, 2.75) is 13.3 Å². The number of hydrogen-bond acceptors (Lipinski definition) is 2. The fourth-order valence-corrected chi connectivity index (χ4v) is 1.38. The molecule has 3 heteroatoms. The quantitative estimate of drug-likeness (QED) is 0.759. The van der Waals surface area contributed by atoms with Crippen molar-refractivity contribution in [3.8, 4) is 5.75 Å². The highest BCUT2D eigenvalue weighted by molar-refractivity contribution is 9.09. The van der Waals surface area contributed by atoms with Crippen molar-refractivity contribution in [1.82, 2.24) is 4.98 Å². The molecule has 0 amide bonds. The maximum atomic E-state index is 5.21. The van der Waals surface area contributed by atoms with E-state index < -0.39 is 0 Å². The van der Waals surface area contributed by atoms with Crippen molar-refractivity contribution in [3.63, 3.8) is 0 Å². The fraction of sp³-hybridized carbons (Fsp3) is 0.500. The second-order valence-corrected chi connectivity index (χ2v) is 3.76.